The Balaban J connectivity index is 3.05. The van der Waals surface area contributed by atoms with E-state index in [1.807, 2.05) is 0 Å². The SMILES string of the molecule is CC[C@H](C(=O)NCCSC(C)(C)C)N(c1cccc([N+](=O)[O-])c1)S(C)(=O)=O. The van der Waals surface area contributed by atoms with Gasteiger partial charge in [0.05, 0.1) is 16.9 Å². The molecule has 8 nitrogen and oxygen atoms in total. The highest BCUT2D eigenvalue weighted by atomic mass is 32.2. The first-order valence-corrected chi connectivity index (χ1v) is 11.4. The fourth-order valence-corrected chi connectivity index (χ4v) is 4.47. The molecule has 10 heteroatoms. The molecular weight excluding hydrogens is 390 g/mol. The lowest BCUT2D eigenvalue weighted by atomic mass is 10.2. The molecule has 0 saturated carbocycles. The summed E-state index contributed by atoms with van der Waals surface area (Å²) in [6.45, 7) is 8.32. The van der Waals surface area contributed by atoms with E-state index in [-0.39, 0.29) is 22.5 Å². The molecule has 1 rings (SSSR count). The van der Waals surface area contributed by atoms with Gasteiger partial charge in [0, 0.05) is 29.2 Å². The second-order valence-corrected chi connectivity index (χ2v) is 10.8. The molecular formula is C17H27N3O5S2. The molecule has 1 aromatic rings. The van der Waals surface area contributed by atoms with Crippen molar-refractivity contribution in [3.05, 3.63) is 34.4 Å². The van der Waals surface area contributed by atoms with Crippen LogP contribution in [0.3, 0.4) is 0 Å². The lowest BCUT2D eigenvalue weighted by Gasteiger charge is -2.30. The highest BCUT2D eigenvalue weighted by Gasteiger charge is 2.32. The van der Waals surface area contributed by atoms with Gasteiger partial charge in [-0.1, -0.05) is 33.8 Å². The molecule has 0 aliphatic heterocycles. The topological polar surface area (TPSA) is 110 Å². The minimum absolute atomic E-state index is 0.0661. The zero-order valence-corrected chi connectivity index (χ0v) is 17.9. The summed E-state index contributed by atoms with van der Waals surface area (Å²) in [4.78, 5) is 23.0. The Morgan fingerprint density at radius 1 is 1.37 bits per heavy atom. The second kappa shape index (κ2) is 9.41. The van der Waals surface area contributed by atoms with E-state index in [1.165, 1.54) is 18.2 Å². The molecule has 0 heterocycles. The number of nitro groups is 1. The number of carbonyl (C=O) groups is 1. The molecule has 152 valence electrons. The first-order chi connectivity index (χ1) is 12.4. The second-order valence-electron chi connectivity index (χ2n) is 7.01. The van der Waals surface area contributed by atoms with Gasteiger partial charge in [0.15, 0.2) is 0 Å². The van der Waals surface area contributed by atoms with Crippen molar-refractivity contribution in [1.82, 2.24) is 5.32 Å². The Labute approximate surface area is 164 Å². The zero-order chi connectivity index (χ0) is 20.8. The van der Waals surface area contributed by atoms with Gasteiger partial charge in [-0.3, -0.25) is 19.2 Å². The van der Waals surface area contributed by atoms with Crippen LogP contribution >= 0.6 is 11.8 Å². The first-order valence-electron chi connectivity index (χ1n) is 8.52. The van der Waals surface area contributed by atoms with Crippen LogP contribution in [-0.2, 0) is 14.8 Å². The maximum Gasteiger partial charge on any atom is 0.271 e. The molecule has 0 unspecified atom stereocenters. The summed E-state index contributed by atoms with van der Waals surface area (Å²) in [6.07, 6.45) is 1.21. The smallest absolute Gasteiger partial charge is 0.271 e. The third-order valence-electron chi connectivity index (χ3n) is 3.56. The number of hydrogen-bond acceptors (Lipinski definition) is 6. The maximum absolute atomic E-state index is 12.6. The maximum atomic E-state index is 12.6. The molecule has 0 saturated heterocycles. The highest BCUT2D eigenvalue weighted by molar-refractivity contribution is 8.00. The summed E-state index contributed by atoms with van der Waals surface area (Å²) < 4.78 is 25.7. The van der Waals surface area contributed by atoms with Gasteiger partial charge in [0.25, 0.3) is 5.69 Å². The number of benzene rings is 1. The van der Waals surface area contributed by atoms with E-state index in [1.54, 1.807) is 18.7 Å². The van der Waals surface area contributed by atoms with Crippen LogP contribution in [0.1, 0.15) is 34.1 Å². The number of amides is 1. The van der Waals surface area contributed by atoms with Crippen LogP contribution in [0, 0.1) is 10.1 Å². The van der Waals surface area contributed by atoms with Gasteiger partial charge in [-0.05, 0) is 12.5 Å². The summed E-state index contributed by atoms with van der Waals surface area (Å²) >= 11 is 1.69. The summed E-state index contributed by atoms with van der Waals surface area (Å²) in [5.74, 6) is 0.269. The van der Waals surface area contributed by atoms with E-state index in [0.717, 1.165) is 16.6 Å². The molecule has 27 heavy (non-hydrogen) atoms. The fraction of sp³-hybridized carbons (Fsp3) is 0.588. The van der Waals surface area contributed by atoms with Crippen molar-refractivity contribution in [3.8, 4) is 0 Å². The predicted octanol–water partition coefficient (Wildman–Crippen LogP) is 2.79. The monoisotopic (exact) mass is 417 g/mol. The van der Waals surface area contributed by atoms with E-state index >= 15 is 0 Å². The van der Waals surface area contributed by atoms with Gasteiger partial charge in [0.2, 0.25) is 15.9 Å². The molecule has 0 aliphatic carbocycles. The van der Waals surface area contributed by atoms with E-state index < -0.39 is 26.9 Å². The molecule has 0 spiro atoms. The largest absolute Gasteiger partial charge is 0.353 e. The molecule has 0 radical (unpaired) electrons. The molecule has 0 aliphatic rings. The van der Waals surface area contributed by atoms with Gasteiger partial charge in [-0.15, -0.1) is 0 Å². The number of nitrogens with one attached hydrogen (secondary N) is 1. The number of anilines is 1. The molecule has 1 amide bonds. The minimum Gasteiger partial charge on any atom is -0.353 e. The van der Waals surface area contributed by atoms with Gasteiger partial charge in [0.1, 0.15) is 6.04 Å². The predicted molar refractivity (Wildman–Crippen MR) is 110 cm³/mol. The molecule has 1 aromatic carbocycles. The van der Waals surface area contributed by atoms with Gasteiger partial charge in [-0.2, -0.15) is 11.8 Å². The zero-order valence-electron chi connectivity index (χ0n) is 16.3. The van der Waals surface area contributed by atoms with Crippen molar-refractivity contribution < 1.29 is 18.1 Å². The minimum atomic E-state index is -3.83. The lowest BCUT2D eigenvalue weighted by Crippen LogP contribution is -2.49. The van der Waals surface area contributed by atoms with Crippen LogP contribution in [0.4, 0.5) is 11.4 Å². The van der Waals surface area contributed by atoms with E-state index in [4.69, 9.17) is 0 Å². The average molecular weight is 418 g/mol. The number of nitrogens with zero attached hydrogens (tertiary/aromatic N) is 2. The number of sulfonamides is 1. The summed E-state index contributed by atoms with van der Waals surface area (Å²) in [5.41, 5.74) is -0.143. The third kappa shape index (κ3) is 7.37. The third-order valence-corrected chi connectivity index (χ3v) is 6.02. The Hall–Kier alpha value is -1.81. The van der Waals surface area contributed by atoms with Gasteiger partial charge < -0.3 is 5.32 Å². The van der Waals surface area contributed by atoms with Crippen LogP contribution in [0.5, 0.6) is 0 Å². The standard InChI is InChI=1S/C17H27N3O5S2/c1-6-15(16(21)18-10-11-26-17(2,3)4)19(27(5,24)25)13-8-7-9-14(12-13)20(22)23/h7-9,12,15H,6,10-11H2,1-5H3,(H,18,21)/t15-/m1/s1. The Morgan fingerprint density at radius 3 is 2.48 bits per heavy atom. The molecule has 0 aromatic heterocycles. The van der Waals surface area contributed by atoms with E-state index in [9.17, 15) is 23.3 Å². The normalized spacial score (nSPS) is 13.1. The molecule has 1 N–H and O–H groups in total. The first kappa shape index (κ1) is 23.2. The lowest BCUT2D eigenvalue weighted by molar-refractivity contribution is -0.384. The van der Waals surface area contributed by atoms with Crippen molar-refractivity contribution in [1.29, 1.82) is 0 Å². The number of rotatable bonds is 9. The van der Waals surface area contributed by atoms with Gasteiger partial charge >= 0.3 is 0 Å². The van der Waals surface area contributed by atoms with Crippen LogP contribution in [0.15, 0.2) is 24.3 Å². The number of thioether (sulfide) groups is 1. The molecule has 0 bridgehead atoms. The van der Waals surface area contributed by atoms with Crippen molar-refractivity contribution >= 4 is 39.1 Å². The summed E-state index contributed by atoms with van der Waals surface area (Å²) in [5, 5.41) is 13.8. The quantitative estimate of drug-likeness (QED) is 0.376. The van der Waals surface area contributed by atoms with Gasteiger partial charge in [-0.25, -0.2) is 8.42 Å². The molecule has 0 fully saturated rings. The average Bonchev–Trinajstić information content (AvgIpc) is 2.54. The van der Waals surface area contributed by atoms with Crippen LogP contribution in [0.25, 0.3) is 0 Å². The van der Waals surface area contributed by atoms with Crippen LogP contribution in [0.2, 0.25) is 0 Å². The van der Waals surface area contributed by atoms with Crippen LogP contribution < -0.4 is 9.62 Å². The summed E-state index contributed by atoms with van der Waals surface area (Å²) in [6, 6.07) is 4.29. The fourth-order valence-electron chi connectivity index (χ4n) is 2.45. The van der Waals surface area contributed by atoms with Crippen molar-refractivity contribution in [2.24, 2.45) is 0 Å². The van der Waals surface area contributed by atoms with E-state index in [2.05, 4.69) is 26.1 Å². The molecule has 1 atom stereocenters. The Kier molecular flexibility index (Phi) is 8.09. The number of hydrogen-bond donors (Lipinski definition) is 1. The number of non-ortho nitro benzene ring substituents is 1. The highest BCUT2D eigenvalue weighted by Crippen LogP contribution is 2.26. The number of carbonyl (C=O) groups excluding carboxylic acids is 1. The van der Waals surface area contributed by atoms with Crippen LogP contribution in [-0.4, -0.2) is 48.6 Å². The van der Waals surface area contributed by atoms with Crippen molar-refractivity contribution in [2.75, 3.05) is 22.9 Å². The van der Waals surface area contributed by atoms with Crippen molar-refractivity contribution in [3.63, 3.8) is 0 Å². The Bertz CT molecular complexity index is 775. The Morgan fingerprint density at radius 2 is 2.00 bits per heavy atom. The van der Waals surface area contributed by atoms with Crippen molar-refractivity contribution in [2.45, 2.75) is 44.9 Å². The van der Waals surface area contributed by atoms with E-state index in [0.29, 0.717) is 12.3 Å². The number of nitro benzene ring substituents is 1. The summed E-state index contributed by atoms with van der Waals surface area (Å²) in [7, 11) is -3.83.